The summed E-state index contributed by atoms with van der Waals surface area (Å²) in [6.45, 7) is 3.76. The number of thiophene rings is 1. The van der Waals surface area contributed by atoms with Gasteiger partial charge in [-0.2, -0.15) is 5.26 Å². The van der Waals surface area contributed by atoms with Crippen LogP contribution < -0.4 is 5.56 Å². The molecule has 0 amide bonds. The van der Waals surface area contributed by atoms with Gasteiger partial charge in [0.2, 0.25) is 0 Å². The van der Waals surface area contributed by atoms with Crippen LogP contribution in [-0.4, -0.2) is 29.7 Å². The van der Waals surface area contributed by atoms with Crippen molar-refractivity contribution in [2.24, 2.45) is 7.05 Å². The van der Waals surface area contributed by atoms with E-state index < -0.39 is 4.92 Å². The summed E-state index contributed by atoms with van der Waals surface area (Å²) in [7, 11) is 1.74. The van der Waals surface area contributed by atoms with E-state index in [1.54, 1.807) is 23.7 Å². The van der Waals surface area contributed by atoms with Gasteiger partial charge >= 0.3 is 0 Å². The standard InChI is InChI=1S/C20H15N7O3S2/c1-10-11(2)31-19-16(10)18(28)23-17(24-19)13(8-21)6-12-4-5-15(14(7-12)27(29)30)32-20-25-22-9-26(20)3/h4-7,9H,1-3H3,(H,23,24,28)/b13-6+. The van der Waals surface area contributed by atoms with Crippen molar-refractivity contribution in [2.45, 2.75) is 23.9 Å². The largest absolute Gasteiger partial charge is 0.311 e. The van der Waals surface area contributed by atoms with Crippen LogP contribution in [0.2, 0.25) is 0 Å². The molecule has 160 valence electrons. The molecule has 0 radical (unpaired) electrons. The van der Waals surface area contributed by atoms with Crippen LogP contribution in [0.4, 0.5) is 5.69 Å². The Labute approximate surface area is 189 Å². The number of nitro benzene ring substituents is 1. The Hall–Kier alpha value is -3.82. The molecule has 0 fully saturated rings. The number of hydrogen-bond acceptors (Lipinski definition) is 9. The third kappa shape index (κ3) is 3.91. The predicted octanol–water partition coefficient (Wildman–Crippen LogP) is 3.85. The zero-order valence-electron chi connectivity index (χ0n) is 17.1. The molecule has 0 bridgehead atoms. The van der Waals surface area contributed by atoms with Crippen molar-refractivity contribution < 1.29 is 4.92 Å². The monoisotopic (exact) mass is 465 g/mol. The Balaban J connectivity index is 1.76. The van der Waals surface area contributed by atoms with E-state index in [-0.39, 0.29) is 22.6 Å². The van der Waals surface area contributed by atoms with E-state index >= 15 is 0 Å². The van der Waals surface area contributed by atoms with Crippen LogP contribution in [0.3, 0.4) is 0 Å². The summed E-state index contributed by atoms with van der Waals surface area (Å²) in [6.07, 6.45) is 2.97. The van der Waals surface area contributed by atoms with Crippen molar-refractivity contribution in [3.8, 4) is 6.07 Å². The second-order valence-corrected chi connectivity index (χ2v) is 9.07. The molecule has 3 aromatic heterocycles. The summed E-state index contributed by atoms with van der Waals surface area (Å²) >= 11 is 2.50. The summed E-state index contributed by atoms with van der Waals surface area (Å²) in [5.74, 6) is 0.117. The van der Waals surface area contributed by atoms with E-state index in [0.29, 0.717) is 25.8 Å². The molecular formula is C20H15N7O3S2. The van der Waals surface area contributed by atoms with Gasteiger partial charge < -0.3 is 9.55 Å². The van der Waals surface area contributed by atoms with Gasteiger partial charge in [-0.25, -0.2) is 4.98 Å². The summed E-state index contributed by atoms with van der Waals surface area (Å²) in [5.41, 5.74) is 0.923. The Kier molecular flexibility index (Phi) is 5.60. The lowest BCUT2D eigenvalue weighted by atomic mass is 10.1. The highest BCUT2D eigenvalue weighted by atomic mass is 32.2. The zero-order valence-corrected chi connectivity index (χ0v) is 18.7. The van der Waals surface area contributed by atoms with E-state index in [4.69, 9.17) is 0 Å². The molecule has 0 aliphatic heterocycles. The first-order chi connectivity index (χ1) is 15.3. The van der Waals surface area contributed by atoms with E-state index in [2.05, 4.69) is 20.2 Å². The number of nitrogens with one attached hydrogen (secondary N) is 1. The van der Waals surface area contributed by atoms with E-state index in [1.807, 2.05) is 19.9 Å². The van der Waals surface area contributed by atoms with Crippen LogP contribution in [-0.2, 0) is 7.05 Å². The quantitative estimate of drug-likeness (QED) is 0.266. The predicted molar refractivity (Wildman–Crippen MR) is 121 cm³/mol. The number of rotatable bonds is 5. The summed E-state index contributed by atoms with van der Waals surface area (Å²) in [6, 6.07) is 6.63. The highest BCUT2D eigenvalue weighted by Crippen LogP contribution is 2.35. The zero-order chi connectivity index (χ0) is 23.0. The van der Waals surface area contributed by atoms with Crippen LogP contribution in [0.1, 0.15) is 21.8 Å². The number of aromatic nitrogens is 5. The third-order valence-corrected chi connectivity index (χ3v) is 6.99. The van der Waals surface area contributed by atoms with Gasteiger partial charge in [0.05, 0.1) is 20.8 Å². The second kappa shape index (κ2) is 8.37. The third-order valence-electron chi connectivity index (χ3n) is 4.78. The molecule has 0 spiro atoms. The minimum atomic E-state index is -0.495. The molecule has 10 nitrogen and oxygen atoms in total. The Morgan fingerprint density at radius 2 is 2.19 bits per heavy atom. The van der Waals surface area contributed by atoms with Crippen LogP contribution in [0.25, 0.3) is 21.9 Å². The van der Waals surface area contributed by atoms with Gasteiger partial charge in [0.15, 0.2) is 11.0 Å². The molecule has 0 unspecified atom stereocenters. The molecule has 4 aromatic rings. The molecule has 12 heteroatoms. The topological polar surface area (TPSA) is 143 Å². The fraction of sp³-hybridized carbons (Fsp3) is 0.150. The molecule has 32 heavy (non-hydrogen) atoms. The average molecular weight is 466 g/mol. The van der Waals surface area contributed by atoms with E-state index in [1.165, 1.54) is 29.8 Å². The van der Waals surface area contributed by atoms with Gasteiger partial charge in [-0.1, -0.05) is 6.07 Å². The Morgan fingerprint density at radius 1 is 1.41 bits per heavy atom. The number of benzene rings is 1. The van der Waals surface area contributed by atoms with E-state index in [9.17, 15) is 20.2 Å². The maximum absolute atomic E-state index is 12.5. The molecule has 0 saturated carbocycles. The number of aryl methyl sites for hydroxylation is 3. The molecular weight excluding hydrogens is 450 g/mol. The highest BCUT2D eigenvalue weighted by Gasteiger charge is 2.19. The van der Waals surface area contributed by atoms with Crippen LogP contribution in [0.5, 0.6) is 0 Å². The maximum atomic E-state index is 12.5. The molecule has 3 heterocycles. The summed E-state index contributed by atoms with van der Waals surface area (Å²) < 4.78 is 1.65. The summed E-state index contributed by atoms with van der Waals surface area (Å²) in [4.78, 5) is 32.7. The van der Waals surface area contributed by atoms with Gasteiger partial charge in [-0.15, -0.1) is 21.5 Å². The van der Waals surface area contributed by atoms with Crippen molar-refractivity contribution in [3.05, 3.63) is 66.8 Å². The molecule has 0 atom stereocenters. The van der Waals surface area contributed by atoms with Gasteiger partial charge in [0, 0.05) is 18.0 Å². The normalized spacial score (nSPS) is 11.6. The minimum Gasteiger partial charge on any atom is -0.311 e. The van der Waals surface area contributed by atoms with Gasteiger partial charge in [-0.05, 0) is 48.9 Å². The molecule has 1 aromatic carbocycles. The number of hydrogen-bond donors (Lipinski definition) is 1. The van der Waals surface area contributed by atoms with Gasteiger partial charge in [0.1, 0.15) is 17.2 Å². The smallest absolute Gasteiger partial charge is 0.283 e. The molecule has 0 saturated heterocycles. The van der Waals surface area contributed by atoms with Gasteiger partial charge in [0.25, 0.3) is 11.2 Å². The van der Waals surface area contributed by atoms with E-state index in [0.717, 1.165) is 22.2 Å². The lowest BCUT2D eigenvalue weighted by molar-refractivity contribution is -0.387. The fourth-order valence-corrected chi connectivity index (χ4v) is 4.90. The number of nitriles is 1. The number of H-pyrrole nitrogens is 1. The van der Waals surface area contributed by atoms with Crippen molar-refractivity contribution in [3.63, 3.8) is 0 Å². The molecule has 0 aliphatic carbocycles. The van der Waals surface area contributed by atoms with Crippen molar-refractivity contribution >= 4 is 50.7 Å². The second-order valence-electron chi connectivity index (χ2n) is 6.86. The number of nitrogens with zero attached hydrogens (tertiary/aromatic N) is 6. The fourth-order valence-electron chi connectivity index (χ4n) is 3.02. The maximum Gasteiger partial charge on any atom is 0.283 e. The number of aromatic amines is 1. The molecule has 4 rings (SSSR count). The number of fused-ring (bicyclic) bond motifs is 1. The Morgan fingerprint density at radius 3 is 2.84 bits per heavy atom. The van der Waals surface area contributed by atoms with Crippen LogP contribution in [0.15, 0.2) is 39.4 Å². The number of nitro groups is 1. The van der Waals surface area contributed by atoms with Crippen LogP contribution in [0, 0.1) is 35.3 Å². The molecule has 0 aliphatic rings. The SMILES string of the molecule is Cc1sc2nc(/C(C#N)=C/c3ccc(Sc4nncn4C)c([N+](=O)[O-])c3)[nH]c(=O)c2c1C. The van der Waals surface area contributed by atoms with Gasteiger partial charge in [-0.3, -0.25) is 14.9 Å². The molecule has 1 N–H and O–H groups in total. The van der Waals surface area contributed by atoms with Crippen molar-refractivity contribution in [1.82, 2.24) is 24.7 Å². The first-order valence-electron chi connectivity index (χ1n) is 9.21. The minimum absolute atomic E-state index is 0.0932. The highest BCUT2D eigenvalue weighted by molar-refractivity contribution is 7.99. The van der Waals surface area contributed by atoms with Crippen molar-refractivity contribution in [2.75, 3.05) is 0 Å². The number of allylic oxidation sites excluding steroid dienone is 1. The summed E-state index contributed by atoms with van der Waals surface area (Å²) in [5, 5.41) is 30.0. The Bertz CT molecular complexity index is 1510. The lowest BCUT2D eigenvalue weighted by Gasteiger charge is -2.04. The van der Waals surface area contributed by atoms with Crippen LogP contribution >= 0.6 is 23.1 Å². The lowest BCUT2D eigenvalue weighted by Crippen LogP contribution is -2.10. The average Bonchev–Trinajstić information content (AvgIpc) is 3.29. The van der Waals surface area contributed by atoms with Crippen molar-refractivity contribution in [1.29, 1.82) is 5.26 Å². The first kappa shape index (κ1) is 21.4. The first-order valence-corrected chi connectivity index (χ1v) is 10.8.